The van der Waals surface area contributed by atoms with Crippen LogP contribution in [0.5, 0.6) is 0 Å². The van der Waals surface area contributed by atoms with Crippen LogP contribution in [0.4, 0.5) is 0 Å². The summed E-state index contributed by atoms with van der Waals surface area (Å²) in [6.45, 7) is 3.65. The molecule has 0 saturated heterocycles. The number of hydrogen-bond donors (Lipinski definition) is 0. The molecular weight excluding hydrogens is 304 g/mol. The first-order valence-electron chi connectivity index (χ1n) is 5.76. The molecule has 0 aliphatic heterocycles. The summed E-state index contributed by atoms with van der Waals surface area (Å²) in [4.78, 5) is 40.4. The van der Waals surface area contributed by atoms with Crippen molar-refractivity contribution >= 4 is 23.5 Å². The van der Waals surface area contributed by atoms with Gasteiger partial charge in [-0.2, -0.15) is 0 Å². The van der Waals surface area contributed by atoms with Gasteiger partial charge in [0.15, 0.2) is 0 Å². The SMILES string of the molecule is CCCC(=O)CC(=O)[O-].CCCC(=O)CC(=O)[O-].[O-2].[Ti+4]. The van der Waals surface area contributed by atoms with E-state index in [1.807, 2.05) is 13.8 Å². The molecule has 0 rings (SSSR count). The van der Waals surface area contributed by atoms with E-state index >= 15 is 0 Å². The fourth-order valence-electron chi connectivity index (χ4n) is 1.06. The minimum absolute atomic E-state index is 0. The predicted octanol–water partition coefficient (Wildman–Crippen LogP) is -1.13. The van der Waals surface area contributed by atoms with Gasteiger partial charge < -0.3 is 25.3 Å². The maximum atomic E-state index is 10.4. The molecule has 0 radical (unpaired) electrons. The summed E-state index contributed by atoms with van der Waals surface area (Å²) < 4.78 is 0. The van der Waals surface area contributed by atoms with Crippen LogP contribution in [0.2, 0.25) is 0 Å². The van der Waals surface area contributed by atoms with Gasteiger partial charge in [0, 0.05) is 37.6 Å². The van der Waals surface area contributed by atoms with Gasteiger partial charge >= 0.3 is 21.7 Å². The van der Waals surface area contributed by atoms with Crippen LogP contribution in [0.25, 0.3) is 0 Å². The molecule has 0 aliphatic rings. The summed E-state index contributed by atoms with van der Waals surface area (Å²) in [7, 11) is 0. The fourth-order valence-corrected chi connectivity index (χ4v) is 1.06. The van der Waals surface area contributed by atoms with Crippen molar-refractivity contribution in [3.05, 3.63) is 0 Å². The summed E-state index contributed by atoms with van der Waals surface area (Å²) in [5.74, 6) is -3.07. The van der Waals surface area contributed by atoms with Gasteiger partial charge in [0.2, 0.25) is 0 Å². The quantitative estimate of drug-likeness (QED) is 0.408. The normalized spacial score (nSPS) is 8.10. The van der Waals surface area contributed by atoms with Crippen molar-refractivity contribution in [3.8, 4) is 0 Å². The number of Topliss-reactive ketones (excluding diaryl/α,β-unsaturated/α-hetero) is 2. The number of ketones is 2. The minimum atomic E-state index is -1.28. The molecular formula is C12H18O7Ti. The van der Waals surface area contributed by atoms with Crippen molar-refractivity contribution < 1.29 is 56.6 Å². The predicted molar refractivity (Wildman–Crippen MR) is 59.8 cm³/mol. The molecule has 0 fully saturated rings. The molecule has 0 aromatic carbocycles. The Bertz CT molecular complexity index is 272. The van der Waals surface area contributed by atoms with Crippen molar-refractivity contribution in [2.45, 2.75) is 52.4 Å². The third-order valence-corrected chi connectivity index (χ3v) is 1.74. The molecule has 20 heavy (non-hydrogen) atoms. The van der Waals surface area contributed by atoms with Gasteiger partial charge in [-0.1, -0.05) is 13.8 Å². The van der Waals surface area contributed by atoms with Crippen LogP contribution >= 0.6 is 0 Å². The summed E-state index contributed by atoms with van der Waals surface area (Å²) >= 11 is 0. The standard InChI is InChI=1S/2C6H10O3.O.Ti/c2*1-2-3-5(7)4-6(8)9;;/h2*2-4H2,1H3,(H,8,9);;/q;;-2;+4/p-2. The van der Waals surface area contributed by atoms with E-state index in [9.17, 15) is 29.4 Å². The maximum Gasteiger partial charge on any atom is 4.00 e. The molecule has 8 heteroatoms. The summed E-state index contributed by atoms with van der Waals surface area (Å²) in [6.07, 6.45) is 1.21. The third-order valence-electron chi connectivity index (χ3n) is 1.74. The average molecular weight is 322 g/mol. The number of hydrogen-bond acceptors (Lipinski definition) is 6. The average Bonchev–Trinajstić information content (AvgIpc) is 2.16. The van der Waals surface area contributed by atoms with Gasteiger partial charge in [0.05, 0.1) is 0 Å². The fraction of sp³-hybridized carbons (Fsp3) is 0.667. The Kier molecular flexibility index (Phi) is 24.5. The van der Waals surface area contributed by atoms with Crippen LogP contribution < -0.4 is 10.2 Å². The Morgan fingerprint density at radius 3 is 1.15 bits per heavy atom. The molecule has 0 aliphatic carbocycles. The van der Waals surface area contributed by atoms with Gasteiger partial charge in [-0.05, 0) is 12.8 Å². The number of aliphatic carboxylic acids is 2. The van der Waals surface area contributed by atoms with E-state index in [-0.39, 0.29) is 38.8 Å². The van der Waals surface area contributed by atoms with Crippen LogP contribution in [-0.2, 0) is 46.4 Å². The van der Waals surface area contributed by atoms with E-state index in [0.717, 1.165) is 0 Å². The number of carbonyl (C=O) groups is 4. The smallest absolute Gasteiger partial charge is 2.00 e. The minimum Gasteiger partial charge on any atom is -2.00 e. The second-order valence-corrected chi connectivity index (χ2v) is 3.67. The van der Waals surface area contributed by atoms with Crippen LogP contribution in [0.3, 0.4) is 0 Å². The Morgan fingerprint density at radius 1 is 0.750 bits per heavy atom. The Labute approximate surface area is 132 Å². The number of carboxylic acids is 2. The first-order valence-corrected chi connectivity index (χ1v) is 5.76. The van der Waals surface area contributed by atoms with Crippen LogP contribution in [0, 0.1) is 0 Å². The van der Waals surface area contributed by atoms with Crippen molar-refractivity contribution in [1.29, 1.82) is 0 Å². The number of carboxylic acid groups (broad SMARTS) is 2. The van der Waals surface area contributed by atoms with E-state index in [4.69, 9.17) is 0 Å². The second-order valence-electron chi connectivity index (χ2n) is 3.67. The zero-order valence-electron chi connectivity index (χ0n) is 11.6. The third kappa shape index (κ3) is 25.7. The molecule has 0 saturated carbocycles. The van der Waals surface area contributed by atoms with Gasteiger partial charge in [0.25, 0.3) is 0 Å². The van der Waals surface area contributed by atoms with Crippen LogP contribution in [0.15, 0.2) is 0 Å². The van der Waals surface area contributed by atoms with E-state index in [2.05, 4.69) is 0 Å². The van der Waals surface area contributed by atoms with E-state index in [1.54, 1.807) is 0 Å². The van der Waals surface area contributed by atoms with Crippen molar-refractivity contribution in [2.75, 3.05) is 0 Å². The van der Waals surface area contributed by atoms with E-state index in [1.165, 1.54) is 0 Å². The van der Waals surface area contributed by atoms with Crippen molar-refractivity contribution in [3.63, 3.8) is 0 Å². The zero-order chi connectivity index (χ0) is 14.6. The Hall–Kier alpha value is -1.05. The molecule has 7 nitrogen and oxygen atoms in total. The molecule has 112 valence electrons. The number of rotatable bonds is 8. The Morgan fingerprint density at radius 2 is 1.00 bits per heavy atom. The van der Waals surface area contributed by atoms with Gasteiger partial charge in [-0.25, -0.2) is 0 Å². The second kappa shape index (κ2) is 18.0. The maximum absolute atomic E-state index is 10.4. The van der Waals surface area contributed by atoms with E-state index < -0.39 is 24.8 Å². The molecule has 0 amide bonds. The largest absolute Gasteiger partial charge is 4.00 e. The van der Waals surface area contributed by atoms with Crippen LogP contribution in [-0.4, -0.2) is 23.5 Å². The van der Waals surface area contributed by atoms with Crippen molar-refractivity contribution in [1.82, 2.24) is 0 Å². The Balaban J connectivity index is -0.000000116. The number of carbonyl (C=O) groups excluding carboxylic acids is 4. The molecule has 0 aromatic heterocycles. The van der Waals surface area contributed by atoms with E-state index in [0.29, 0.717) is 25.7 Å². The zero-order valence-corrected chi connectivity index (χ0v) is 13.2. The van der Waals surface area contributed by atoms with Crippen molar-refractivity contribution in [2.24, 2.45) is 0 Å². The first-order chi connectivity index (χ1) is 8.33. The van der Waals surface area contributed by atoms with Gasteiger partial charge in [0.1, 0.15) is 11.6 Å². The van der Waals surface area contributed by atoms with Gasteiger partial charge in [-0.3, -0.25) is 9.59 Å². The topological polar surface area (TPSA) is 143 Å². The first kappa shape index (κ1) is 27.3. The summed E-state index contributed by atoms with van der Waals surface area (Å²) in [6, 6.07) is 0. The summed E-state index contributed by atoms with van der Waals surface area (Å²) in [5, 5.41) is 19.5. The van der Waals surface area contributed by atoms with Crippen LogP contribution in [0.1, 0.15) is 52.4 Å². The summed E-state index contributed by atoms with van der Waals surface area (Å²) in [5.41, 5.74) is 0. The van der Waals surface area contributed by atoms with Gasteiger partial charge in [-0.15, -0.1) is 0 Å². The molecule has 0 N–H and O–H groups in total. The molecule has 0 bridgehead atoms. The molecule has 0 aromatic rings. The molecule has 0 heterocycles. The molecule has 0 atom stereocenters. The molecule has 0 spiro atoms. The molecule has 0 unspecified atom stereocenters. The monoisotopic (exact) mass is 322 g/mol.